The van der Waals surface area contributed by atoms with E-state index in [0.717, 1.165) is 41.9 Å². The van der Waals surface area contributed by atoms with Gasteiger partial charge in [0.15, 0.2) is 0 Å². The van der Waals surface area contributed by atoms with Crippen LogP contribution < -0.4 is 4.90 Å². The van der Waals surface area contributed by atoms with Gasteiger partial charge in [0.2, 0.25) is 0 Å². The largest absolute Gasteiger partial charge is 0.313 e. The molecule has 1 unspecified atom stereocenters. The Morgan fingerprint density at radius 2 is 1.32 bits per heavy atom. The van der Waals surface area contributed by atoms with Crippen LogP contribution in [0.5, 0.6) is 0 Å². The van der Waals surface area contributed by atoms with Crippen molar-refractivity contribution in [2.75, 3.05) is 4.90 Å². The summed E-state index contributed by atoms with van der Waals surface area (Å²) in [6.45, 7) is 15.6. The van der Waals surface area contributed by atoms with E-state index in [0.29, 0.717) is 12.3 Å². The van der Waals surface area contributed by atoms with Gasteiger partial charge in [-0.05, 0) is 192 Å². The zero-order valence-corrected chi connectivity index (χ0v) is 46.7. The standard InChI is InChI=1S/C76H61N.C2H6/c1-6-51-20-9-10-24-62(51)53-22-17-23-58(40-37-53)77(60-42-44-66-63-25-11-14-29-68(63)75(4,5)72(66)48-60)59-41-38-55-45-54(35-36-56(55)46-59)57-39-43-67-73(47-57)76(69-30-15-12-26-64(69)65-27-13-16-31-70(65)76)71-32-18-28-61(74(67)71)50(3)33-34-52-21-8-7-19-49(52)2;1-2/h7-13,15-16,18-21,24-28,30-49H,6,14,23,29H2,1-5H3;1-2H3/b50-33+,52-34-;. The summed E-state index contributed by atoms with van der Waals surface area (Å²) in [5.41, 5.74) is 29.3. The highest BCUT2D eigenvalue weighted by Gasteiger charge is 2.52. The van der Waals surface area contributed by atoms with Crippen LogP contribution in [0.4, 0.5) is 11.4 Å². The second-order valence-electron chi connectivity index (χ2n) is 22.4. The Labute approximate surface area is 468 Å². The summed E-state index contributed by atoms with van der Waals surface area (Å²) < 4.78 is 0. The summed E-state index contributed by atoms with van der Waals surface area (Å²) in [6.07, 6.45) is 26.5. The summed E-state index contributed by atoms with van der Waals surface area (Å²) in [5.74, 6) is 7.58. The van der Waals surface area contributed by atoms with Crippen molar-refractivity contribution in [2.45, 2.75) is 85.0 Å². The molecule has 79 heavy (non-hydrogen) atoms. The van der Waals surface area contributed by atoms with Crippen molar-refractivity contribution >= 4 is 38.9 Å². The molecule has 1 atom stereocenters. The maximum Gasteiger partial charge on any atom is 0.0725 e. The first-order valence-corrected chi connectivity index (χ1v) is 28.8. The van der Waals surface area contributed by atoms with E-state index in [2.05, 4.69) is 276 Å². The van der Waals surface area contributed by atoms with Gasteiger partial charge in [-0.1, -0.05) is 235 Å². The first-order valence-electron chi connectivity index (χ1n) is 28.8. The van der Waals surface area contributed by atoms with Gasteiger partial charge >= 0.3 is 0 Å². The number of nitrogens with zero attached hydrogens (tertiary/aromatic N) is 1. The fourth-order valence-electron chi connectivity index (χ4n) is 14.0. The van der Waals surface area contributed by atoms with E-state index in [-0.39, 0.29) is 5.41 Å². The van der Waals surface area contributed by atoms with Crippen LogP contribution in [0.2, 0.25) is 0 Å². The molecule has 0 N–H and O–H groups in total. The summed E-state index contributed by atoms with van der Waals surface area (Å²) in [4.78, 5) is 2.47. The molecule has 14 rings (SSSR count). The van der Waals surface area contributed by atoms with Gasteiger partial charge in [-0.15, -0.1) is 0 Å². The topological polar surface area (TPSA) is 3.24 Å². The van der Waals surface area contributed by atoms with Gasteiger partial charge < -0.3 is 4.90 Å². The van der Waals surface area contributed by atoms with Gasteiger partial charge in [0.25, 0.3) is 0 Å². The monoisotopic (exact) mass is 1020 g/mol. The molecule has 1 spiro atoms. The first kappa shape index (κ1) is 49.8. The average molecular weight is 1020 g/mol. The lowest BCUT2D eigenvalue weighted by Gasteiger charge is -2.31. The molecular weight excluding hydrogens is 951 g/mol. The van der Waals surface area contributed by atoms with Crippen molar-refractivity contribution in [3.8, 4) is 45.2 Å². The van der Waals surface area contributed by atoms with Crippen molar-refractivity contribution < 1.29 is 0 Å². The van der Waals surface area contributed by atoms with Crippen LogP contribution in [0.25, 0.3) is 60.9 Å². The molecule has 1 nitrogen and oxygen atoms in total. The molecule has 0 saturated heterocycles. The molecule has 6 aliphatic rings. The number of fused-ring (bicyclic) bond motifs is 13. The third-order valence-electron chi connectivity index (χ3n) is 17.9. The van der Waals surface area contributed by atoms with Crippen LogP contribution in [-0.2, 0) is 17.3 Å². The molecular formula is C78H67N. The number of allylic oxidation sites excluding steroid dienone is 16. The van der Waals surface area contributed by atoms with E-state index in [1.54, 1.807) is 5.57 Å². The van der Waals surface area contributed by atoms with Gasteiger partial charge in [0, 0.05) is 28.1 Å². The summed E-state index contributed by atoms with van der Waals surface area (Å²) in [7, 11) is 0. The maximum absolute atomic E-state index is 3.61. The van der Waals surface area contributed by atoms with Crippen molar-refractivity contribution in [3.63, 3.8) is 0 Å². The molecule has 0 fully saturated rings. The zero-order valence-electron chi connectivity index (χ0n) is 46.7. The smallest absolute Gasteiger partial charge is 0.0725 e. The minimum Gasteiger partial charge on any atom is -0.313 e. The number of rotatable bonds is 8. The van der Waals surface area contributed by atoms with Gasteiger partial charge in [0.05, 0.1) is 11.8 Å². The predicted octanol–water partition coefficient (Wildman–Crippen LogP) is 20.4. The number of anilines is 2. The van der Waals surface area contributed by atoms with E-state index in [1.165, 1.54) is 111 Å². The number of benzene rings is 8. The molecule has 0 saturated carbocycles. The van der Waals surface area contributed by atoms with Crippen LogP contribution >= 0.6 is 0 Å². The lowest BCUT2D eigenvalue weighted by molar-refractivity contribution is 0.607. The molecule has 6 aliphatic carbocycles. The second-order valence-corrected chi connectivity index (χ2v) is 22.4. The lowest BCUT2D eigenvalue weighted by atomic mass is 9.70. The van der Waals surface area contributed by atoms with Crippen molar-refractivity contribution in [3.05, 3.63) is 291 Å². The summed E-state index contributed by atoms with van der Waals surface area (Å²) >= 11 is 0. The third-order valence-corrected chi connectivity index (χ3v) is 17.9. The highest BCUT2D eigenvalue weighted by Crippen LogP contribution is 2.64. The normalized spacial score (nSPS) is 17.8. The molecule has 0 aliphatic heterocycles. The fourth-order valence-corrected chi connectivity index (χ4v) is 14.0. The summed E-state index contributed by atoms with van der Waals surface area (Å²) in [5, 5.41) is 2.41. The van der Waals surface area contributed by atoms with Crippen LogP contribution in [0.1, 0.15) is 118 Å². The van der Waals surface area contributed by atoms with Crippen molar-refractivity contribution in [1.82, 2.24) is 0 Å². The van der Waals surface area contributed by atoms with Gasteiger partial charge in [0.1, 0.15) is 0 Å². The third kappa shape index (κ3) is 7.98. The number of aryl methyl sites for hydroxylation is 1. The zero-order chi connectivity index (χ0) is 54.0. The quantitative estimate of drug-likeness (QED) is 0.137. The first-order chi connectivity index (χ1) is 38.7. The Bertz CT molecular complexity index is 4130. The molecule has 0 amide bonds. The predicted molar refractivity (Wildman–Crippen MR) is 337 cm³/mol. The summed E-state index contributed by atoms with van der Waals surface area (Å²) in [6, 6.07) is 62.6. The van der Waals surface area contributed by atoms with Crippen LogP contribution in [0.3, 0.4) is 0 Å². The second kappa shape index (κ2) is 19.9. The number of hydrogen-bond acceptors (Lipinski definition) is 1. The molecule has 0 heterocycles. The Kier molecular flexibility index (Phi) is 12.6. The van der Waals surface area contributed by atoms with Gasteiger partial charge in [-0.25, -0.2) is 0 Å². The molecule has 0 radical (unpaired) electrons. The molecule has 384 valence electrons. The molecule has 0 bridgehead atoms. The fraction of sp³-hybridized carbons (Fsp3) is 0.179. The van der Waals surface area contributed by atoms with E-state index >= 15 is 0 Å². The Morgan fingerprint density at radius 1 is 0.633 bits per heavy atom. The van der Waals surface area contributed by atoms with E-state index < -0.39 is 5.41 Å². The maximum atomic E-state index is 3.61. The van der Waals surface area contributed by atoms with Crippen LogP contribution in [0.15, 0.2) is 241 Å². The molecule has 1 heteroatoms. The minimum atomic E-state index is -0.464. The SMILES string of the molecule is CC.CCc1ccccc1C1=CC=C(N(c2ccc3c(c2)C(C)(C)C2=C3C=CCC2)c2ccc3cc(-c4ccc5c(c4)C4(c6ccccc6-c6ccccc64)c4cccc(/C(C)=C/C=C6/C=CC=CC6C)c4-5)ccc3c2)CC#C1. The minimum absolute atomic E-state index is 0.0461. The van der Waals surface area contributed by atoms with Crippen LogP contribution in [0, 0.1) is 17.8 Å². The van der Waals surface area contributed by atoms with Gasteiger partial charge in [-0.3, -0.25) is 0 Å². The van der Waals surface area contributed by atoms with Crippen molar-refractivity contribution in [2.24, 2.45) is 5.92 Å². The van der Waals surface area contributed by atoms with Gasteiger partial charge in [-0.2, -0.15) is 0 Å². The highest BCUT2D eigenvalue weighted by atomic mass is 15.1. The Hall–Kier alpha value is -8.70. The molecule has 8 aromatic carbocycles. The molecule has 0 aromatic heterocycles. The van der Waals surface area contributed by atoms with Crippen LogP contribution in [-0.4, -0.2) is 0 Å². The Morgan fingerprint density at radius 3 is 2.11 bits per heavy atom. The lowest BCUT2D eigenvalue weighted by Crippen LogP contribution is -2.26. The highest BCUT2D eigenvalue weighted by molar-refractivity contribution is 6.00. The van der Waals surface area contributed by atoms with E-state index in [9.17, 15) is 0 Å². The van der Waals surface area contributed by atoms with E-state index in [1.807, 2.05) is 13.8 Å². The molecule has 8 aromatic rings. The average Bonchev–Trinajstić information content (AvgIpc) is 2.23. The van der Waals surface area contributed by atoms with E-state index in [4.69, 9.17) is 0 Å². The Balaban J connectivity index is 0.00000293. The van der Waals surface area contributed by atoms with Crippen molar-refractivity contribution in [1.29, 1.82) is 0 Å². The number of hydrogen-bond donors (Lipinski definition) is 0.